The fraction of sp³-hybridized carbons (Fsp3) is 0.188. The standard InChI is InChI=1S/C16H14F2O2/c1-11-6-8-12(9-7-11)10-14(19)13-4-2-3-5-15(13)20-16(17)18/h2-9,16H,10H2,1H3. The number of carbonyl (C=O) groups excluding carboxylic acids is 1. The van der Waals surface area contributed by atoms with E-state index in [9.17, 15) is 13.6 Å². The summed E-state index contributed by atoms with van der Waals surface area (Å²) in [5, 5.41) is 0. The summed E-state index contributed by atoms with van der Waals surface area (Å²) in [6, 6.07) is 13.6. The largest absolute Gasteiger partial charge is 0.434 e. The fourth-order valence-corrected chi connectivity index (χ4v) is 1.88. The molecule has 2 nitrogen and oxygen atoms in total. The van der Waals surface area contributed by atoms with Crippen molar-refractivity contribution in [2.24, 2.45) is 0 Å². The lowest BCUT2D eigenvalue weighted by atomic mass is 10.0. The first-order valence-corrected chi connectivity index (χ1v) is 6.19. The summed E-state index contributed by atoms with van der Waals surface area (Å²) in [6.07, 6.45) is 0.157. The molecular formula is C16H14F2O2. The van der Waals surface area contributed by atoms with Gasteiger partial charge >= 0.3 is 6.61 Å². The fourth-order valence-electron chi connectivity index (χ4n) is 1.88. The number of hydrogen-bond donors (Lipinski definition) is 0. The number of aryl methyl sites for hydroxylation is 1. The predicted molar refractivity (Wildman–Crippen MR) is 72.3 cm³/mol. The smallest absolute Gasteiger partial charge is 0.387 e. The molecule has 0 aliphatic heterocycles. The Labute approximate surface area is 116 Å². The minimum atomic E-state index is -2.94. The van der Waals surface area contributed by atoms with Gasteiger partial charge in [-0.1, -0.05) is 42.0 Å². The second-order valence-corrected chi connectivity index (χ2v) is 4.46. The molecule has 2 aromatic carbocycles. The van der Waals surface area contributed by atoms with E-state index >= 15 is 0 Å². The van der Waals surface area contributed by atoms with Crippen LogP contribution in [0.15, 0.2) is 48.5 Å². The van der Waals surface area contributed by atoms with Gasteiger partial charge in [0.2, 0.25) is 0 Å². The number of alkyl halides is 2. The Morgan fingerprint density at radius 2 is 1.75 bits per heavy atom. The Balaban J connectivity index is 2.18. The third kappa shape index (κ3) is 3.63. The molecular weight excluding hydrogens is 262 g/mol. The van der Waals surface area contributed by atoms with E-state index in [-0.39, 0.29) is 23.5 Å². The number of carbonyl (C=O) groups is 1. The van der Waals surface area contributed by atoms with Crippen LogP contribution in [0.3, 0.4) is 0 Å². The Bertz CT molecular complexity index is 592. The molecule has 0 heterocycles. The number of benzene rings is 2. The van der Waals surface area contributed by atoms with Gasteiger partial charge in [0.05, 0.1) is 5.56 Å². The quantitative estimate of drug-likeness (QED) is 0.771. The zero-order valence-corrected chi connectivity index (χ0v) is 11.0. The third-order valence-electron chi connectivity index (χ3n) is 2.89. The SMILES string of the molecule is Cc1ccc(CC(=O)c2ccccc2OC(F)F)cc1. The molecule has 2 aromatic rings. The second kappa shape index (κ2) is 6.28. The molecule has 0 radical (unpaired) electrons. The highest BCUT2D eigenvalue weighted by atomic mass is 19.3. The van der Waals surface area contributed by atoms with Crippen molar-refractivity contribution in [2.45, 2.75) is 20.0 Å². The average molecular weight is 276 g/mol. The van der Waals surface area contributed by atoms with Crippen molar-refractivity contribution in [2.75, 3.05) is 0 Å². The maximum atomic E-state index is 12.3. The van der Waals surface area contributed by atoms with Crippen molar-refractivity contribution >= 4 is 5.78 Å². The second-order valence-electron chi connectivity index (χ2n) is 4.46. The number of para-hydroxylation sites is 1. The van der Waals surface area contributed by atoms with Crippen LogP contribution in [0.2, 0.25) is 0 Å². The van der Waals surface area contributed by atoms with Crippen LogP contribution in [0, 0.1) is 6.92 Å². The number of ketones is 1. The minimum Gasteiger partial charge on any atom is -0.434 e. The first-order valence-electron chi connectivity index (χ1n) is 6.19. The first kappa shape index (κ1) is 14.2. The predicted octanol–water partition coefficient (Wildman–Crippen LogP) is 4.02. The molecule has 0 N–H and O–H groups in total. The topological polar surface area (TPSA) is 26.3 Å². The van der Waals surface area contributed by atoms with Crippen molar-refractivity contribution in [1.29, 1.82) is 0 Å². The molecule has 0 aliphatic carbocycles. The highest BCUT2D eigenvalue weighted by molar-refractivity contribution is 5.99. The van der Waals surface area contributed by atoms with Crippen molar-refractivity contribution in [3.8, 4) is 5.75 Å². The molecule has 0 aliphatic rings. The summed E-state index contributed by atoms with van der Waals surface area (Å²) in [5.74, 6) is -0.329. The van der Waals surface area contributed by atoms with Crippen LogP contribution < -0.4 is 4.74 Å². The van der Waals surface area contributed by atoms with Gasteiger partial charge in [0.15, 0.2) is 5.78 Å². The Morgan fingerprint density at radius 3 is 2.40 bits per heavy atom. The molecule has 0 spiro atoms. The Morgan fingerprint density at radius 1 is 1.10 bits per heavy atom. The van der Waals surface area contributed by atoms with Gasteiger partial charge in [-0.3, -0.25) is 4.79 Å². The van der Waals surface area contributed by atoms with E-state index in [1.54, 1.807) is 12.1 Å². The van der Waals surface area contributed by atoms with Gasteiger partial charge in [0, 0.05) is 6.42 Å². The van der Waals surface area contributed by atoms with Crippen LogP contribution in [0.25, 0.3) is 0 Å². The highest BCUT2D eigenvalue weighted by Gasteiger charge is 2.15. The highest BCUT2D eigenvalue weighted by Crippen LogP contribution is 2.22. The van der Waals surface area contributed by atoms with Crippen LogP contribution in [-0.2, 0) is 6.42 Å². The molecule has 0 bridgehead atoms. The van der Waals surface area contributed by atoms with Crippen molar-refractivity contribution in [3.63, 3.8) is 0 Å². The minimum absolute atomic E-state index is 0.0837. The van der Waals surface area contributed by atoms with Crippen LogP contribution in [-0.4, -0.2) is 12.4 Å². The van der Waals surface area contributed by atoms with Crippen molar-refractivity contribution < 1.29 is 18.3 Å². The van der Waals surface area contributed by atoms with E-state index in [1.807, 2.05) is 31.2 Å². The lowest BCUT2D eigenvalue weighted by Gasteiger charge is -2.09. The molecule has 0 saturated carbocycles. The summed E-state index contributed by atoms with van der Waals surface area (Å²) < 4.78 is 29.0. The molecule has 2 rings (SSSR count). The van der Waals surface area contributed by atoms with Crippen LogP contribution in [0.5, 0.6) is 5.75 Å². The van der Waals surface area contributed by atoms with Crippen molar-refractivity contribution in [3.05, 3.63) is 65.2 Å². The molecule has 0 fully saturated rings. The third-order valence-corrected chi connectivity index (χ3v) is 2.89. The first-order chi connectivity index (χ1) is 9.56. The molecule has 0 saturated heterocycles. The van der Waals surface area contributed by atoms with Crippen molar-refractivity contribution in [1.82, 2.24) is 0 Å². The van der Waals surface area contributed by atoms with Gasteiger partial charge in [0.25, 0.3) is 0 Å². The van der Waals surface area contributed by atoms with E-state index in [1.165, 1.54) is 12.1 Å². The van der Waals surface area contributed by atoms with Gasteiger partial charge in [0.1, 0.15) is 5.75 Å². The van der Waals surface area contributed by atoms with E-state index < -0.39 is 6.61 Å². The number of rotatable bonds is 5. The molecule has 0 aromatic heterocycles. The molecule has 4 heteroatoms. The summed E-state index contributed by atoms with van der Waals surface area (Å²) in [6.45, 7) is -0.986. The lowest BCUT2D eigenvalue weighted by Crippen LogP contribution is -2.09. The maximum Gasteiger partial charge on any atom is 0.387 e. The van der Waals surface area contributed by atoms with Crippen LogP contribution in [0.4, 0.5) is 8.78 Å². The molecule has 0 unspecified atom stereocenters. The normalized spacial score (nSPS) is 10.6. The van der Waals surface area contributed by atoms with Gasteiger partial charge in [-0.15, -0.1) is 0 Å². The zero-order valence-electron chi connectivity index (χ0n) is 11.0. The molecule has 0 amide bonds. The summed E-state index contributed by atoms with van der Waals surface area (Å²) in [4.78, 5) is 12.2. The number of hydrogen-bond acceptors (Lipinski definition) is 2. The monoisotopic (exact) mass is 276 g/mol. The summed E-state index contributed by atoms with van der Waals surface area (Å²) >= 11 is 0. The van der Waals surface area contributed by atoms with Gasteiger partial charge < -0.3 is 4.74 Å². The zero-order chi connectivity index (χ0) is 14.5. The van der Waals surface area contributed by atoms with E-state index in [2.05, 4.69) is 4.74 Å². The Kier molecular flexibility index (Phi) is 4.45. The lowest BCUT2D eigenvalue weighted by molar-refractivity contribution is -0.0501. The average Bonchev–Trinajstić information content (AvgIpc) is 2.41. The van der Waals surface area contributed by atoms with E-state index in [0.717, 1.165) is 11.1 Å². The number of halogens is 2. The van der Waals surface area contributed by atoms with Crippen LogP contribution >= 0.6 is 0 Å². The Hall–Kier alpha value is -2.23. The maximum absolute atomic E-state index is 12.3. The van der Waals surface area contributed by atoms with Gasteiger partial charge in [-0.2, -0.15) is 8.78 Å². The van der Waals surface area contributed by atoms with E-state index in [4.69, 9.17) is 0 Å². The summed E-state index contributed by atoms with van der Waals surface area (Å²) in [5.41, 5.74) is 2.11. The molecule has 104 valence electrons. The number of Topliss-reactive ketones (excluding diaryl/α,β-unsaturated/α-hetero) is 1. The van der Waals surface area contributed by atoms with Gasteiger partial charge in [-0.25, -0.2) is 0 Å². The number of ether oxygens (including phenoxy) is 1. The van der Waals surface area contributed by atoms with E-state index in [0.29, 0.717) is 0 Å². The molecule has 0 atom stereocenters. The van der Waals surface area contributed by atoms with Gasteiger partial charge in [-0.05, 0) is 24.6 Å². The molecule has 20 heavy (non-hydrogen) atoms. The summed E-state index contributed by atoms with van der Waals surface area (Å²) in [7, 11) is 0. The van der Waals surface area contributed by atoms with Crippen LogP contribution in [0.1, 0.15) is 21.5 Å².